The Hall–Kier alpha value is -0.260. The molecule has 1 rings (SSSR count). The van der Waals surface area contributed by atoms with Crippen LogP contribution in [0.25, 0.3) is 0 Å². The van der Waals surface area contributed by atoms with Gasteiger partial charge in [-0.15, -0.1) is 0 Å². The van der Waals surface area contributed by atoms with Crippen LogP contribution in [0.4, 0.5) is 0 Å². The van der Waals surface area contributed by atoms with Gasteiger partial charge in [0.2, 0.25) is 5.91 Å². The lowest BCUT2D eigenvalue weighted by Gasteiger charge is -2.36. The molecule has 3 N–H and O–H groups in total. The van der Waals surface area contributed by atoms with Gasteiger partial charge in [-0.2, -0.15) is 11.8 Å². The standard InChI is InChI=1S/C12H25N3OS/c1-9(2)14-12(16)6-11(7-13)15-4-5-17-10(3)8-15/h9-11H,4-8,13H2,1-3H3,(H,14,16). The molecule has 0 aromatic carbocycles. The van der Waals surface area contributed by atoms with E-state index < -0.39 is 0 Å². The minimum Gasteiger partial charge on any atom is -0.354 e. The molecule has 4 nitrogen and oxygen atoms in total. The smallest absolute Gasteiger partial charge is 0.221 e. The summed E-state index contributed by atoms with van der Waals surface area (Å²) in [5.74, 6) is 1.25. The molecular formula is C12H25N3OS. The fourth-order valence-electron chi connectivity index (χ4n) is 2.13. The topological polar surface area (TPSA) is 58.4 Å². The van der Waals surface area contributed by atoms with Crippen LogP contribution in [0.2, 0.25) is 0 Å². The second-order valence-electron chi connectivity index (χ2n) is 4.99. The summed E-state index contributed by atoms with van der Waals surface area (Å²) in [6, 6.07) is 0.397. The Morgan fingerprint density at radius 2 is 2.29 bits per heavy atom. The lowest BCUT2D eigenvalue weighted by atomic mass is 10.1. The first-order valence-electron chi connectivity index (χ1n) is 6.38. The van der Waals surface area contributed by atoms with E-state index in [0.29, 0.717) is 18.2 Å². The van der Waals surface area contributed by atoms with Gasteiger partial charge in [-0.3, -0.25) is 9.69 Å². The zero-order valence-electron chi connectivity index (χ0n) is 11.1. The maximum absolute atomic E-state index is 11.7. The lowest BCUT2D eigenvalue weighted by molar-refractivity contribution is -0.122. The van der Waals surface area contributed by atoms with Gasteiger partial charge in [0.05, 0.1) is 0 Å². The second kappa shape index (κ2) is 7.24. The highest BCUT2D eigenvalue weighted by atomic mass is 32.2. The Balaban J connectivity index is 2.44. The number of carbonyl (C=O) groups is 1. The van der Waals surface area contributed by atoms with E-state index in [4.69, 9.17) is 5.73 Å². The molecular weight excluding hydrogens is 234 g/mol. The molecule has 1 amide bonds. The van der Waals surface area contributed by atoms with Crippen molar-refractivity contribution in [3.63, 3.8) is 0 Å². The molecule has 2 atom stereocenters. The summed E-state index contributed by atoms with van der Waals surface area (Å²) in [4.78, 5) is 14.1. The van der Waals surface area contributed by atoms with Crippen molar-refractivity contribution in [1.82, 2.24) is 10.2 Å². The number of nitrogens with two attached hydrogens (primary N) is 1. The second-order valence-corrected chi connectivity index (χ2v) is 6.54. The van der Waals surface area contributed by atoms with Crippen molar-refractivity contribution in [3.05, 3.63) is 0 Å². The van der Waals surface area contributed by atoms with Crippen LogP contribution in [0.3, 0.4) is 0 Å². The normalized spacial score (nSPS) is 23.7. The minimum absolute atomic E-state index is 0.112. The van der Waals surface area contributed by atoms with Gasteiger partial charge in [0.1, 0.15) is 0 Å². The monoisotopic (exact) mass is 259 g/mol. The van der Waals surface area contributed by atoms with Crippen LogP contribution < -0.4 is 11.1 Å². The van der Waals surface area contributed by atoms with E-state index in [1.165, 1.54) is 0 Å². The third-order valence-electron chi connectivity index (χ3n) is 2.93. The summed E-state index contributed by atoms with van der Waals surface area (Å²) in [6.07, 6.45) is 0.520. The van der Waals surface area contributed by atoms with Crippen LogP contribution in [0.1, 0.15) is 27.2 Å². The van der Waals surface area contributed by atoms with Gasteiger partial charge >= 0.3 is 0 Å². The maximum Gasteiger partial charge on any atom is 0.221 e. The first-order valence-corrected chi connectivity index (χ1v) is 7.43. The van der Waals surface area contributed by atoms with Crippen molar-refractivity contribution in [3.8, 4) is 0 Å². The Morgan fingerprint density at radius 1 is 1.59 bits per heavy atom. The molecule has 1 aliphatic heterocycles. The third kappa shape index (κ3) is 5.27. The van der Waals surface area contributed by atoms with Gasteiger partial charge in [-0.25, -0.2) is 0 Å². The highest BCUT2D eigenvalue weighted by Crippen LogP contribution is 2.20. The highest BCUT2D eigenvalue weighted by molar-refractivity contribution is 7.99. The summed E-state index contributed by atoms with van der Waals surface area (Å²) in [5, 5.41) is 3.58. The van der Waals surface area contributed by atoms with Crippen molar-refractivity contribution in [2.45, 2.75) is 44.5 Å². The van der Waals surface area contributed by atoms with Gasteiger partial charge in [0, 0.05) is 49.1 Å². The molecule has 0 aromatic rings. The summed E-state index contributed by atoms with van der Waals surface area (Å²) >= 11 is 2.00. The maximum atomic E-state index is 11.7. The van der Waals surface area contributed by atoms with Crippen molar-refractivity contribution in [2.75, 3.05) is 25.4 Å². The molecule has 1 fully saturated rings. The predicted molar refractivity (Wildman–Crippen MR) is 74.2 cm³/mol. The molecule has 0 radical (unpaired) electrons. The molecule has 1 saturated heterocycles. The Kier molecular flexibility index (Phi) is 6.30. The molecule has 2 unspecified atom stereocenters. The van der Waals surface area contributed by atoms with Crippen molar-refractivity contribution in [1.29, 1.82) is 0 Å². The number of hydrogen-bond donors (Lipinski definition) is 2. The molecule has 0 aliphatic carbocycles. The van der Waals surface area contributed by atoms with Crippen molar-refractivity contribution in [2.24, 2.45) is 5.73 Å². The largest absolute Gasteiger partial charge is 0.354 e. The number of thioether (sulfide) groups is 1. The molecule has 0 bridgehead atoms. The van der Waals surface area contributed by atoms with Crippen LogP contribution >= 0.6 is 11.8 Å². The van der Waals surface area contributed by atoms with Crippen molar-refractivity contribution < 1.29 is 4.79 Å². The number of rotatable bonds is 5. The average molecular weight is 259 g/mol. The van der Waals surface area contributed by atoms with Crippen LogP contribution in [0, 0.1) is 0 Å². The van der Waals surface area contributed by atoms with Crippen LogP contribution in [0.5, 0.6) is 0 Å². The number of hydrogen-bond acceptors (Lipinski definition) is 4. The molecule has 100 valence electrons. The number of nitrogens with one attached hydrogen (secondary N) is 1. The Labute approximate surface area is 109 Å². The number of nitrogens with zero attached hydrogens (tertiary/aromatic N) is 1. The van der Waals surface area contributed by atoms with E-state index >= 15 is 0 Å². The fourth-order valence-corrected chi connectivity index (χ4v) is 3.17. The summed E-state index contributed by atoms with van der Waals surface area (Å²) in [5.41, 5.74) is 5.80. The first kappa shape index (κ1) is 14.8. The number of amides is 1. The van der Waals surface area contributed by atoms with E-state index in [1.807, 2.05) is 25.6 Å². The van der Waals surface area contributed by atoms with Crippen LogP contribution in [0.15, 0.2) is 0 Å². The summed E-state index contributed by atoms with van der Waals surface area (Å²) in [6.45, 7) is 8.85. The SMILES string of the molecule is CC(C)NC(=O)CC(CN)N1CCSC(C)C1. The average Bonchev–Trinajstić information content (AvgIpc) is 2.24. The van der Waals surface area contributed by atoms with Gasteiger partial charge in [0.15, 0.2) is 0 Å². The van der Waals surface area contributed by atoms with E-state index in [2.05, 4.69) is 17.1 Å². The minimum atomic E-state index is 0.112. The highest BCUT2D eigenvalue weighted by Gasteiger charge is 2.25. The zero-order valence-corrected chi connectivity index (χ0v) is 11.9. The van der Waals surface area contributed by atoms with E-state index in [1.54, 1.807) is 0 Å². The van der Waals surface area contributed by atoms with Gasteiger partial charge < -0.3 is 11.1 Å². The third-order valence-corrected chi connectivity index (χ3v) is 4.07. The quantitative estimate of drug-likeness (QED) is 0.762. The molecule has 0 aromatic heterocycles. The predicted octanol–water partition coefficient (Wildman–Crippen LogP) is 0.666. The number of carbonyl (C=O) groups excluding carboxylic acids is 1. The molecule has 0 spiro atoms. The Morgan fingerprint density at radius 3 is 2.82 bits per heavy atom. The molecule has 17 heavy (non-hydrogen) atoms. The van der Waals surface area contributed by atoms with E-state index in [9.17, 15) is 4.79 Å². The fraction of sp³-hybridized carbons (Fsp3) is 0.917. The molecule has 5 heteroatoms. The molecule has 1 aliphatic rings. The first-order chi connectivity index (χ1) is 8.02. The van der Waals surface area contributed by atoms with Gasteiger partial charge in [-0.1, -0.05) is 6.92 Å². The molecule has 0 saturated carbocycles. The molecule has 1 heterocycles. The van der Waals surface area contributed by atoms with Gasteiger partial charge in [0.25, 0.3) is 0 Å². The zero-order chi connectivity index (χ0) is 12.8. The Bertz CT molecular complexity index is 248. The summed E-state index contributed by atoms with van der Waals surface area (Å²) in [7, 11) is 0. The van der Waals surface area contributed by atoms with Gasteiger partial charge in [-0.05, 0) is 13.8 Å². The van der Waals surface area contributed by atoms with Crippen LogP contribution in [-0.4, -0.2) is 53.5 Å². The lowest BCUT2D eigenvalue weighted by Crippen LogP contribution is -2.49. The summed E-state index contributed by atoms with van der Waals surface area (Å²) < 4.78 is 0. The van der Waals surface area contributed by atoms with E-state index in [-0.39, 0.29) is 18.0 Å². The van der Waals surface area contributed by atoms with E-state index in [0.717, 1.165) is 18.8 Å². The van der Waals surface area contributed by atoms with Crippen molar-refractivity contribution >= 4 is 17.7 Å². The van der Waals surface area contributed by atoms with Crippen LogP contribution in [-0.2, 0) is 4.79 Å².